The molecule has 2 rings (SSSR count). The van der Waals surface area contributed by atoms with E-state index in [1.807, 2.05) is 6.92 Å². The van der Waals surface area contributed by atoms with Gasteiger partial charge in [-0.15, -0.1) is 0 Å². The maximum absolute atomic E-state index is 12.5. The minimum Gasteiger partial charge on any atom is -0.467 e. The van der Waals surface area contributed by atoms with Crippen LogP contribution in [0, 0.1) is 5.41 Å². The van der Waals surface area contributed by atoms with Crippen LogP contribution in [0.4, 0.5) is 0 Å². The second-order valence-electron chi connectivity index (χ2n) is 6.62. The molecule has 4 nitrogen and oxygen atoms in total. The van der Waals surface area contributed by atoms with Crippen molar-refractivity contribution >= 4 is 5.91 Å². The van der Waals surface area contributed by atoms with Crippen LogP contribution in [0.2, 0.25) is 0 Å². The molecule has 21 heavy (non-hydrogen) atoms. The highest BCUT2D eigenvalue weighted by Gasteiger charge is 2.34. The zero-order valence-electron chi connectivity index (χ0n) is 13.1. The van der Waals surface area contributed by atoms with Gasteiger partial charge in [0.15, 0.2) is 0 Å². The third-order valence-corrected chi connectivity index (χ3v) is 4.58. The van der Waals surface area contributed by atoms with Crippen LogP contribution < -0.4 is 5.32 Å². The molecular weight excluding hydrogens is 266 g/mol. The fourth-order valence-electron chi connectivity index (χ4n) is 3.12. The van der Waals surface area contributed by atoms with Gasteiger partial charge in [0.1, 0.15) is 11.9 Å². The van der Waals surface area contributed by atoms with E-state index in [9.17, 15) is 9.90 Å². The number of hydrogen-bond acceptors (Lipinski definition) is 3. The number of aliphatic hydroxyl groups is 1. The molecule has 2 unspecified atom stereocenters. The molecule has 1 aliphatic rings. The number of furan rings is 1. The number of rotatable bonds is 5. The number of amides is 1. The van der Waals surface area contributed by atoms with E-state index in [1.165, 1.54) is 12.8 Å². The maximum Gasteiger partial charge on any atom is 0.226 e. The summed E-state index contributed by atoms with van der Waals surface area (Å²) in [5, 5.41) is 13.1. The lowest BCUT2D eigenvalue weighted by atomic mass is 9.81. The van der Waals surface area contributed by atoms with E-state index in [0.717, 1.165) is 25.7 Å². The first-order valence-corrected chi connectivity index (χ1v) is 8.04. The molecular formula is C17H27NO3. The molecule has 1 aromatic rings. The summed E-state index contributed by atoms with van der Waals surface area (Å²) in [7, 11) is 0. The molecule has 118 valence electrons. The van der Waals surface area contributed by atoms with Crippen LogP contribution in [0.3, 0.4) is 0 Å². The molecule has 1 amide bonds. The molecule has 0 aliphatic heterocycles. The van der Waals surface area contributed by atoms with E-state index in [4.69, 9.17) is 4.42 Å². The summed E-state index contributed by atoms with van der Waals surface area (Å²) in [5.41, 5.74) is -0.250. The van der Waals surface area contributed by atoms with Gasteiger partial charge in [-0.25, -0.2) is 0 Å². The largest absolute Gasteiger partial charge is 0.467 e. The van der Waals surface area contributed by atoms with Gasteiger partial charge in [-0.2, -0.15) is 0 Å². The smallest absolute Gasteiger partial charge is 0.226 e. The summed E-state index contributed by atoms with van der Waals surface area (Å²) in [6.07, 6.45) is 8.01. The van der Waals surface area contributed by atoms with Crippen molar-refractivity contribution in [2.24, 2.45) is 5.41 Å². The highest BCUT2D eigenvalue weighted by Crippen LogP contribution is 2.35. The molecule has 2 N–H and O–H groups in total. The maximum atomic E-state index is 12.5. The summed E-state index contributed by atoms with van der Waals surface area (Å²) in [6.45, 7) is 4.01. The van der Waals surface area contributed by atoms with Gasteiger partial charge in [-0.05, 0) is 31.9 Å². The Morgan fingerprint density at radius 3 is 2.62 bits per heavy atom. The Bertz CT molecular complexity index is 433. The van der Waals surface area contributed by atoms with Crippen molar-refractivity contribution in [1.29, 1.82) is 0 Å². The van der Waals surface area contributed by atoms with Gasteiger partial charge in [-0.1, -0.05) is 32.6 Å². The molecule has 4 heteroatoms. The average Bonchev–Trinajstić information content (AvgIpc) is 2.88. The minimum absolute atomic E-state index is 0.0716. The van der Waals surface area contributed by atoms with Crippen LogP contribution in [-0.4, -0.2) is 17.1 Å². The van der Waals surface area contributed by atoms with Gasteiger partial charge in [-0.3, -0.25) is 4.79 Å². The van der Waals surface area contributed by atoms with Crippen LogP contribution in [0.15, 0.2) is 22.8 Å². The van der Waals surface area contributed by atoms with E-state index in [2.05, 4.69) is 12.2 Å². The summed E-state index contributed by atoms with van der Waals surface area (Å²) in [5.74, 6) is 0.681. The van der Waals surface area contributed by atoms with Crippen molar-refractivity contribution in [3.05, 3.63) is 24.2 Å². The van der Waals surface area contributed by atoms with Crippen molar-refractivity contribution in [3.63, 3.8) is 0 Å². The van der Waals surface area contributed by atoms with E-state index >= 15 is 0 Å². The van der Waals surface area contributed by atoms with Gasteiger partial charge >= 0.3 is 0 Å². The second-order valence-corrected chi connectivity index (χ2v) is 6.62. The number of aliphatic hydroxyl groups excluding tert-OH is 1. The molecule has 1 fully saturated rings. The average molecular weight is 293 g/mol. The van der Waals surface area contributed by atoms with Crippen LogP contribution in [0.25, 0.3) is 0 Å². The first-order chi connectivity index (χ1) is 10.0. The first-order valence-electron chi connectivity index (χ1n) is 8.04. The zero-order valence-corrected chi connectivity index (χ0v) is 13.1. The predicted molar refractivity (Wildman–Crippen MR) is 81.7 cm³/mol. The Balaban J connectivity index is 1.86. The summed E-state index contributed by atoms with van der Waals surface area (Å²) >= 11 is 0. The number of carbonyl (C=O) groups is 1. The summed E-state index contributed by atoms with van der Waals surface area (Å²) in [6, 6.07) is 3.44. The van der Waals surface area contributed by atoms with E-state index in [1.54, 1.807) is 18.4 Å². The number of nitrogens with one attached hydrogen (secondary N) is 1. The second kappa shape index (κ2) is 7.12. The normalized spacial score (nSPS) is 21.3. The van der Waals surface area contributed by atoms with E-state index in [0.29, 0.717) is 12.2 Å². The van der Waals surface area contributed by atoms with Crippen LogP contribution >= 0.6 is 0 Å². The first kappa shape index (κ1) is 16.1. The lowest BCUT2D eigenvalue weighted by molar-refractivity contribution is -0.131. The van der Waals surface area contributed by atoms with Gasteiger partial charge in [0.25, 0.3) is 0 Å². The Hall–Kier alpha value is -1.29. The molecule has 1 heterocycles. The fraction of sp³-hybridized carbons (Fsp3) is 0.706. The van der Waals surface area contributed by atoms with Gasteiger partial charge in [0, 0.05) is 17.9 Å². The molecule has 0 bridgehead atoms. The predicted octanol–water partition coefficient (Wildman–Crippen LogP) is 3.57. The lowest BCUT2D eigenvalue weighted by Gasteiger charge is -2.29. The number of carbonyl (C=O) groups excluding carboxylic acids is 1. The number of hydrogen-bond donors (Lipinski definition) is 2. The molecule has 0 aromatic carbocycles. The Labute approximate surface area is 126 Å². The van der Waals surface area contributed by atoms with Crippen LogP contribution in [-0.2, 0) is 4.79 Å². The Kier molecular flexibility index (Phi) is 5.45. The molecule has 0 radical (unpaired) electrons. The monoisotopic (exact) mass is 293 g/mol. The Morgan fingerprint density at radius 2 is 2.05 bits per heavy atom. The van der Waals surface area contributed by atoms with Crippen molar-refractivity contribution in [3.8, 4) is 0 Å². The van der Waals surface area contributed by atoms with Crippen molar-refractivity contribution in [2.45, 2.75) is 70.9 Å². The van der Waals surface area contributed by atoms with Gasteiger partial charge < -0.3 is 14.8 Å². The SMILES string of the molecule is CC(CC(O)c1ccco1)NC(=O)C1(C)CCCCCC1. The van der Waals surface area contributed by atoms with Crippen molar-refractivity contribution in [2.75, 3.05) is 0 Å². The molecule has 2 atom stereocenters. The van der Waals surface area contributed by atoms with Crippen LogP contribution in [0.5, 0.6) is 0 Å². The summed E-state index contributed by atoms with van der Waals surface area (Å²) < 4.78 is 5.19. The topological polar surface area (TPSA) is 62.5 Å². The van der Waals surface area contributed by atoms with Crippen molar-refractivity contribution < 1.29 is 14.3 Å². The highest BCUT2D eigenvalue weighted by atomic mass is 16.4. The van der Waals surface area contributed by atoms with Gasteiger partial charge in [0.2, 0.25) is 5.91 Å². The Morgan fingerprint density at radius 1 is 1.38 bits per heavy atom. The standard InChI is InChI=1S/C17H27NO3/c1-13(12-14(19)15-8-7-11-21-15)18-16(20)17(2)9-5-3-4-6-10-17/h7-8,11,13-14,19H,3-6,9-10,12H2,1-2H3,(H,18,20). The van der Waals surface area contributed by atoms with Gasteiger partial charge in [0.05, 0.1) is 6.26 Å². The highest BCUT2D eigenvalue weighted by molar-refractivity contribution is 5.82. The molecule has 1 saturated carbocycles. The van der Waals surface area contributed by atoms with Crippen molar-refractivity contribution in [1.82, 2.24) is 5.32 Å². The molecule has 0 spiro atoms. The lowest BCUT2D eigenvalue weighted by Crippen LogP contribution is -2.43. The third-order valence-electron chi connectivity index (χ3n) is 4.58. The molecule has 1 aromatic heterocycles. The quantitative estimate of drug-likeness (QED) is 0.816. The minimum atomic E-state index is -0.669. The zero-order chi connectivity index (χ0) is 15.3. The van der Waals surface area contributed by atoms with Crippen LogP contribution in [0.1, 0.15) is 70.7 Å². The summed E-state index contributed by atoms with van der Waals surface area (Å²) in [4.78, 5) is 12.5. The van der Waals surface area contributed by atoms with E-state index in [-0.39, 0.29) is 17.4 Å². The fourth-order valence-corrected chi connectivity index (χ4v) is 3.12. The molecule has 0 saturated heterocycles. The molecule has 1 aliphatic carbocycles. The third kappa shape index (κ3) is 4.34. The van der Waals surface area contributed by atoms with E-state index < -0.39 is 6.10 Å².